The molecule has 2 aromatic carbocycles. The highest BCUT2D eigenvalue weighted by atomic mass is 16.6. The van der Waals surface area contributed by atoms with Gasteiger partial charge in [-0.05, 0) is 56.4 Å². The predicted molar refractivity (Wildman–Crippen MR) is 126 cm³/mol. The zero-order valence-electron chi connectivity index (χ0n) is 19.3. The molecule has 4 rings (SSSR count). The van der Waals surface area contributed by atoms with Crippen LogP contribution in [-0.2, 0) is 11.3 Å². The van der Waals surface area contributed by atoms with E-state index >= 15 is 0 Å². The molecule has 6 nitrogen and oxygen atoms in total. The molecule has 0 spiro atoms. The first-order valence-electron chi connectivity index (χ1n) is 11.3. The van der Waals surface area contributed by atoms with E-state index in [0.29, 0.717) is 37.6 Å². The van der Waals surface area contributed by atoms with E-state index in [1.165, 1.54) is 11.0 Å². The molecular formula is C25H31BN2O4. The van der Waals surface area contributed by atoms with E-state index < -0.39 is 5.60 Å². The number of hydrogen-bond acceptors (Lipinski definition) is 4. The van der Waals surface area contributed by atoms with Crippen LogP contribution in [0.4, 0.5) is 4.79 Å². The fourth-order valence-electron chi connectivity index (χ4n) is 4.43. The summed E-state index contributed by atoms with van der Waals surface area (Å²) < 4.78 is 11.8. The Balaban J connectivity index is 1.50. The van der Waals surface area contributed by atoms with Crippen LogP contribution >= 0.6 is 0 Å². The van der Waals surface area contributed by atoms with Crippen LogP contribution in [0.25, 0.3) is 0 Å². The van der Waals surface area contributed by atoms with Crippen LogP contribution in [0, 0.1) is 5.92 Å². The Bertz CT molecular complexity index is 1000. The summed E-state index contributed by atoms with van der Waals surface area (Å²) in [7, 11) is 2.08. The maximum atomic E-state index is 12.7. The molecule has 1 N–H and O–H groups in total. The Kier molecular flexibility index (Phi) is 6.18. The van der Waals surface area contributed by atoms with Crippen molar-refractivity contribution in [3.05, 3.63) is 59.2 Å². The minimum absolute atomic E-state index is 0.0586. The van der Waals surface area contributed by atoms with Crippen molar-refractivity contribution in [1.82, 2.24) is 10.2 Å². The summed E-state index contributed by atoms with van der Waals surface area (Å²) >= 11 is 0. The molecule has 0 aliphatic carbocycles. The summed E-state index contributed by atoms with van der Waals surface area (Å²) in [5.74, 6) is 1.02. The quantitative estimate of drug-likeness (QED) is 0.752. The number of fused-ring (bicyclic) bond motifs is 1. The third kappa shape index (κ3) is 5.09. The monoisotopic (exact) mass is 434 g/mol. The molecule has 0 bridgehead atoms. The third-order valence-corrected chi connectivity index (χ3v) is 6.12. The molecule has 2 heterocycles. The Morgan fingerprint density at radius 2 is 1.94 bits per heavy atom. The molecule has 1 fully saturated rings. The van der Waals surface area contributed by atoms with Crippen molar-refractivity contribution in [3.63, 3.8) is 0 Å². The van der Waals surface area contributed by atoms with Crippen LogP contribution in [-0.4, -0.2) is 50.0 Å². The lowest BCUT2D eigenvalue weighted by Gasteiger charge is -2.39. The maximum absolute atomic E-state index is 12.7. The topological polar surface area (TPSA) is 67.9 Å². The number of nitrogens with zero attached hydrogens (tertiary/aromatic N) is 1. The fraction of sp³-hybridized carbons (Fsp3) is 0.440. The minimum Gasteiger partial charge on any atom is -0.493 e. The van der Waals surface area contributed by atoms with Crippen molar-refractivity contribution in [2.45, 2.75) is 45.3 Å². The molecule has 0 saturated carbocycles. The molecule has 2 aromatic rings. The van der Waals surface area contributed by atoms with Crippen LogP contribution in [0.15, 0.2) is 42.5 Å². The lowest BCUT2D eigenvalue weighted by atomic mass is 9.80. The number of benzene rings is 2. The van der Waals surface area contributed by atoms with Gasteiger partial charge in [-0.3, -0.25) is 4.79 Å². The second kappa shape index (κ2) is 8.89. The van der Waals surface area contributed by atoms with E-state index in [1.807, 2.05) is 39.0 Å². The maximum Gasteiger partial charge on any atom is 0.410 e. The SMILES string of the molecule is Bc1ccc([C@@H]2CCN(C(=O)OC(C)(C)C)C[C@H]2COc2ccc3c(c2)C(=O)NC3)cc1. The van der Waals surface area contributed by atoms with Crippen molar-refractivity contribution in [3.8, 4) is 5.75 Å². The molecule has 0 unspecified atom stereocenters. The number of rotatable bonds is 4. The number of nitrogens with one attached hydrogen (secondary N) is 1. The summed E-state index contributed by atoms with van der Waals surface area (Å²) in [6.45, 7) is 7.90. The van der Waals surface area contributed by atoms with E-state index in [0.717, 1.165) is 12.0 Å². The van der Waals surface area contributed by atoms with Crippen molar-refractivity contribution in [1.29, 1.82) is 0 Å². The van der Waals surface area contributed by atoms with Gasteiger partial charge in [0, 0.05) is 31.1 Å². The Morgan fingerprint density at radius 3 is 2.66 bits per heavy atom. The highest BCUT2D eigenvalue weighted by Crippen LogP contribution is 2.34. The van der Waals surface area contributed by atoms with Crippen molar-refractivity contribution in [2.75, 3.05) is 19.7 Å². The zero-order valence-corrected chi connectivity index (χ0v) is 19.3. The molecule has 1 saturated heterocycles. The smallest absolute Gasteiger partial charge is 0.410 e. The molecule has 2 amide bonds. The fourth-order valence-corrected chi connectivity index (χ4v) is 4.43. The second-order valence-corrected chi connectivity index (χ2v) is 9.80. The highest BCUT2D eigenvalue weighted by Gasteiger charge is 2.35. The van der Waals surface area contributed by atoms with Gasteiger partial charge in [-0.2, -0.15) is 0 Å². The number of carbonyl (C=O) groups is 2. The lowest BCUT2D eigenvalue weighted by Crippen LogP contribution is -2.46. The number of hydrogen-bond donors (Lipinski definition) is 1. The zero-order chi connectivity index (χ0) is 22.9. The van der Waals surface area contributed by atoms with Gasteiger partial charge >= 0.3 is 6.09 Å². The van der Waals surface area contributed by atoms with Gasteiger partial charge in [-0.15, -0.1) is 0 Å². The normalized spacial score (nSPS) is 20.5. The lowest BCUT2D eigenvalue weighted by molar-refractivity contribution is 0.0111. The molecule has 7 heteroatoms. The Hall–Kier alpha value is -2.96. The average molecular weight is 434 g/mol. The van der Waals surface area contributed by atoms with Crippen molar-refractivity contribution >= 4 is 25.3 Å². The summed E-state index contributed by atoms with van der Waals surface area (Å²) in [6.07, 6.45) is 0.571. The van der Waals surface area contributed by atoms with E-state index in [1.54, 1.807) is 4.90 Å². The van der Waals surface area contributed by atoms with Crippen molar-refractivity contribution in [2.24, 2.45) is 5.92 Å². The van der Waals surface area contributed by atoms with Gasteiger partial charge in [0.2, 0.25) is 0 Å². The summed E-state index contributed by atoms with van der Waals surface area (Å²) in [5, 5.41) is 2.83. The highest BCUT2D eigenvalue weighted by molar-refractivity contribution is 6.32. The molecule has 2 aliphatic rings. The molecular weight excluding hydrogens is 403 g/mol. The van der Waals surface area contributed by atoms with Crippen LogP contribution in [0.3, 0.4) is 0 Å². The number of piperidine rings is 1. The molecule has 0 radical (unpaired) electrons. The average Bonchev–Trinajstić information content (AvgIpc) is 3.12. The summed E-state index contributed by atoms with van der Waals surface area (Å²) in [5.41, 5.74) is 3.64. The largest absolute Gasteiger partial charge is 0.493 e. The second-order valence-electron chi connectivity index (χ2n) is 9.80. The van der Waals surface area contributed by atoms with E-state index in [2.05, 4.69) is 37.4 Å². The standard InChI is InChI=1S/C25H31BN2O4/c1-25(2,3)32-24(30)28-11-10-21(16-4-7-19(26)8-5-16)18(14-28)15-31-20-9-6-17-13-27-23(29)22(17)12-20/h4-9,12,18,21H,10-11,13-15,26H2,1-3H3,(H,27,29)/t18-,21-/m0/s1. The molecule has 168 valence electrons. The first-order valence-corrected chi connectivity index (χ1v) is 11.3. The Labute approximate surface area is 190 Å². The summed E-state index contributed by atoms with van der Waals surface area (Å²) in [6, 6.07) is 14.3. The first kappa shape index (κ1) is 22.2. The molecule has 0 aromatic heterocycles. The van der Waals surface area contributed by atoms with E-state index in [4.69, 9.17) is 9.47 Å². The van der Waals surface area contributed by atoms with Gasteiger partial charge in [0.05, 0.1) is 6.61 Å². The third-order valence-electron chi connectivity index (χ3n) is 6.12. The van der Waals surface area contributed by atoms with E-state index in [-0.39, 0.29) is 23.8 Å². The van der Waals surface area contributed by atoms with Crippen LogP contribution in [0.1, 0.15) is 54.6 Å². The number of carbonyl (C=O) groups excluding carboxylic acids is 2. The molecule has 32 heavy (non-hydrogen) atoms. The number of likely N-dealkylation sites (tertiary alicyclic amines) is 1. The summed E-state index contributed by atoms with van der Waals surface area (Å²) in [4.78, 5) is 26.5. The van der Waals surface area contributed by atoms with Gasteiger partial charge in [0.25, 0.3) is 5.91 Å². The van der Waals surface area contributed by atoms with Crippen LogP contribution < -0.4 is 15.5 Å². The van der Waals surface area contributed by atoms with Gasteiger partial charge < -0.3 is 19.7 Å². The van der Waals surface area contributed by atoms with Crippen LogP contribution in [0.2, 0.25) is 0 Å². The molecule has 2 atom stereocenters. The minimum atomic E-state index is -0.526. The van der Waals surface area contributed by atoms with Crippen molar-refractivity contribution < 1.29 is 19.1 Å². The van der Waals surface area contributed by atoms with Gasteiger partial charge in [0.1, 0.15) is 19.2 Å². The Morgan fingerprint density at radius 1 is 1.19 bits per heavy atom. The first-order chi connectivity index (χ1) is 15.2. The van der Waals surface area contributed by atoms with E-state index in [9.17, 15) is 9.59 Å². The van der Waals surface area contributed by atoms with Crippen LogP contribution in [0.5, 0.6) is 5.75 Å². The van der Waals surface area contributed by atoms with Gasteiger partial charge in [-0.25, -0.2) is 4.79 Å². The van der Waals surface area contributed by atoms with Gasteiger partial charge in [0.15, 0.2) is 0 Å². The predicted octanol–water partition coefficient (Wildman–Crippen LogP) is 2.61. The molecule has 2 aliphatic heterocycles. The number of amides is 2. The van der Waals surface area contributed by atoms with Gasteiger partial charge in [-0.1, -0.05) is 35.8 Å². The number of ether oxygens (including phenoxy) is 2.